The van der Waals surface area contributed by atoms with Gasteiger partial charge in [-0.25, -0.2) is 14.8 Å². The van der Waals surface area contributed by atoms with Crippen molar-refractivity contribution in [2.45, 2.75) is 13.3 Å². The molecule has 0 amide bonds. The number of ether oxygens (including phenoxy) is 2. The summed E-state index contributed by atoms with van der Waals surface area (Å²) in [6.45, 7) is 3.01. The number of nitro groups is 1. The lowest BCUT2D eigenvalue weighted by Crippen LogP contribution is -2.10. The number of anilines is 3. The standard InChI is InChI=1S/C17H21N5O5/c1-3-27-17(23)12-5-7-13(8-6-12)21-16-14(22(24)25)15(19-11-20-16)18-9-4-10-26-2/h5-8,11H,3-4,9-10H2,1-2H3,(H2,18,19,20,21). The number of benzene rings is 1. The molecule has 0 atom stereocenters. The van der Waals surface area contributed by atoms with Crippen LogP contribution in [0.1, 0.15) is 23.7 Å². The quantitative estimate of drug-likeness (QED) is 0.279. The molecule has 27 heavy (non-hydrogen) atoms. The molecule has 10 nitrogen and oxygen atoms in total. The van der Waals surface area contributed by atoms with Gasteiger partial charge in [0.15, 0.2) is 0 Å². The van der Waals surface area contributed by atoms with Crippen molar-refractivity contribution < 1.29 is 19.2 Å². The first-order valence-electron chi connectivity index (χ1n) is 8.33. The lowest BCUT2D eigenvalue weighted by atomic mass is 10.2. The maximum Gasteiger partial charge on any atom is 0.353 e. The van der Waals surface area contributed by atoms with E-state index in [2.05, 4.69) is 20.6 Å². The van der Waals surface area contributed by atoms with Gasteiger partial charge < -0.3 is 20.1 Å². The van der Waals surface area contributed by atoms with Crippen molar-refractivity contribution in [3.63, 3.8) is 0 Å². The molecule has 10 heteroatoms. The molecule has 0 aliphatic rings. The SMILES string of the molecule is CCOC(=O)c1ccc(Nc2ncnc(NCCCOC)c2[N+](=O)[O-])cc1. The number of nitrogens with one attached hydrogen (secondary N) is 2. The molecular weight excluding hydrogens is 354 g/mol. The van der Waals surface area contributed by atoms with E-state index >= 15 is 0 Å². The summed E-state index contributed by atoms with van der Waals surface area (Å²) >= 11 is 0. The fraction of sp³-hybridized carbons (Fsp3) is 0.353. The van der Waals surface area contributed by atoms with Crippen LogP contribution in [0, 0.1) is 10.1 Å². The summed E-state index contributed by atoms with van der Waals surface area (Å²) in [5.74, 6) is -0.260. The van der Waals surface area contributed by atoms with Crippen molar-refractivity contribution in [2.75, 3.05) is 37.5 Å². The minimum absolute atomic E-state index is 0.0492. The minimum Gasteiger partial charge on any atom is -0.462 e. The zero-order valence-electron chi connectivity index (χ0n) is 15.1. The Morgan fingerprint density at radius 3 is 2.56 bits per heavy atom. The third-order valence-corrected chi connectivity index (χ3v) is 3.48. The molecule has 2 rings (SSSR count). The van der Waals surface area contributed by atoms with Gasteiger partial charge in [0.25, 0.3) is 0 Å². The van der Waals surface area contributed by atoms with E-state index in [1.165, 1.54) is 6.33 Å². The van der Waals surface area contributed by atoms with Crippen LogP contribution in [0.2, 0.25) is 0 Å². The largest absolute Gasteiger partial charge is 0.462 e. The maximum atomic E-state index is 11.7. The highest BCUT2D eigenvalue weighted by molar-refractivity contribution is 5.90. The predicted molar refractivity (Wildman–Crippen MR) is 99.4 cm³/mol. The van der Waals surface area contributed by atoms with E-state index in [-0.39, 0.29) is 23.9 Å². The number of carbonyl (C=O) groups is 1. The predicted octanol–water partition coefficient (Wildman–Crippen LogP) is 2.75. The lowest BCUT2D eigenvalue weighted by molar-refractivity contribution is -0.383. The van der Waals surface area contributed by atoms with Crippen LogP contribution in [0.15, 0.2) is 30.6 Å². The number of methoxy groups -OCH3 is 1. The average Bonchev–Trinajstić information content (AvgIpc) is 2.66. The second kappa shape index (κ2) is 10.0. The third kappa shape index (κ3) is 5.61. The molecule has 0 aliphatic heterocycles. The minimum atomic E-state index is -0.548. The van der Waals surface area contributed by atoms with Crippen molar-refractivity contribution in [3.8, 4) is 0 Å². The normalized spacial score (nSPS) is 10.3. The van der Waals surface area contributed by atoms with Gasteiger partial charge in [-0.15, -0.1) is 0 Å². The fourth-order valence-corrected chi connectivity index (χ4v) is 2.24. The number of nitrogens with zero attached hydrogens (tertiary/aromatic N) is 3. The molecular formula is C17H21N5O5. The van der Waals surface area contributed by atoms with E-state index in [0.717, 1.165) is 0 Å². The molecule has 144 valence electrons. The summed E-state index contributed by atoms with van der Waals surface area (Å²) in [5, 5.41) is 17.3. The van der Waals surface area contributed by atoms with Crippen LogP contribution < -0.4 is 10.6 Å². The third-order valence-electron chi connectivity index (χ3n) is 3.48. The van der Waals surface area contributed by atoms with E-state index in [1.807, 2.05) is 0 Å². The molecule has 1 aromatic carbocycles. The van der Waals surface area contributed by atoms with Gasteiger partial charge in [-0.2, -0.15) is 0 Å². The molecule has 0 saturated heterocycles. The van der Waals surface area contributed by atoms with Gasteiger partial charge in [-0.1, -0.05) is 0 Å². The zero-order chi connectivity index (χ0) is 19.6. The van der Waals surface area contributed by atoms with Gasteiger partial charge in [0.05, 0.1) is 17.1 Å². The van der Waals surface area contributed by atoms with Crippen molar-refractivity contribution in [1.82, 2.24) is 9.97 Å². The fourth-order valence-electron chi connectivity index (χ4n) is 2.24. The molecule has 0 radical (unpaired) electrons. The van der Waals surface area contributed by atoms with Crippen molar-refractivity contribution in [3.05, 3.63) is 46.3 Å². The molecule has 2 aromatic rings. The first-order valence-corrected chi connectivity index (χ1v) is 8.33. The van der Waals surface area contributed by atoms with Crippen LogP contribution in [0.5, 0.6) is 0 Å². The van der Waals surface area contributed by atoms with Gasteiger partial charge in [0, 0.05) is 25.9 Å². The highest BCUT2D eigenvalue weighted by atomic mass is 16.6. The zero-order valence-corrected chi connectivity index (χ0v) is 15.1. The molecule has 1 heterocycles. The van der Waals surface area contributed by atoms with Gasteiger partial charge in [0.1, 0.15) is 6.33 Å². The van der Waals surface area contributed by atoms with Crippen LogP contribution in [0.4, 0.5) is 23.0 Å². The Bertz CT molecular complexity index is 782. The molecule has 2 N–H and O–H groups in total. The average molecular weight is 375 g/mol. The Morgan fingerprint density at radius 2 is 1.93 bits per heavy atom. The second-order valence-corrected chi connectivity index (χ2v) is 5.37. The van der Waals surface area contributed by atoms with Crippen molar-refractivity contribution in [2.24, 2.45) is 0 Å². The van der Waals surface area contributed by atoms with Gasteiger partial charge in [-0.05, 0) is 37.6 Å². The molecule has 1 aromatic heterocycles. The molecule has 0 saturated carbocycles. The molecule has 0 spiro atoms. The summed E-state index contributed by atoms with van der Waals surface area (Å²) in [6, 6.07) is 6.36. The molecule has 0 unspecified atom stereocenters. The van der Waals surface area contributed by atoms with Crippen LogP contribution >= 0.6 is 0 Å². The monoisotopic (exact) mass is 375 g/mol. The topological polar surface area (TPSA) is 129 Å². The first-order chi connectivity index (χ1) is 13.1. The Balaban J connectivity index is 2.17. The van der Waals surface area contributed by atoms with Crippen LogP contribution in [0.3, 0.4) is 0 Å². The van der Waals surface area contributed by atoms with Crippen LogP contribution in [-0.2, 0) is 9.47 Å². The van der Waals surface area contributed by atoms with Crippen molar-refractivity contribution >= 4 is 29.0 Å². The van der Waals surface area contributed by atoms with E-state index < -0.39 is 10.9 Å². The van der Waals surface area contributed by atoms with E-state index in [4.69, 9.17) is 9.47 Å². The number of carbonyl (C=O) groups excluding carboxylic acids is 1. The maximum absolute atomic E-state index is 11.7. The highest BCUT2D eigenvalue weighted by Gasteiger charge is 2.23. The van der Waals surface area contributed by atoms with E-state index in [9.17, 15) is 14.9 Å². The van der Waals surface area contributed by atoms with Gasteiger partial charge in [0.2, 0.25) is 11.6 Å². The Kier molecular flexibility index (Phi) is 7.44. The summed E-state index contributed by atoms with van der Waals surface area (Å²) in [5.41, 5.74) is 0.666. The van der Waals surface area contributed by atoms with Gasteiger partial charge in [-0.3, -0.25) is 10.1 Å². The molecule has 0 aliphatic carbocycles. The smallest absolute Gasteiger partial charge is 0.353 e. The van der Waals surface area contributed by atoms with Crippen LogP contribution in [0.25, 0.3) is 0 Å². The highest BCUT2D eigenvalue weighted by Crippen LogP contribution is 2.31. The number of rotatable bonds is 10. The summed E-state index contributed by atoms with van der Waals surface area (Å²) < 4.78 is 9.87. The summed E-state index contributed by atoms with van der Waals surface area (Å²) in [6.07, 6.45) is 1.91. The van der Waals surface area contributed by atoms with Gasteiger partial charge >= 0.3 is 11.7 Å². The van der Waals surface area contributed by atoms with Crippen LogP contribution in [-0.4, -0.2) is 47.7 Å². The molecule has 0 fully saturated rings. The number of hydrogen-bond donors (Lipinski definition) is 2. The number of esters is 1. The summed E-state index contributed by atoms with van der Waals surface area (Å²) in [4.78, 5) is 30.5. The first kappa shape index (κ1) is 20.0. The number of aromatic nitrogens is 2. The Hall–Kier alpha value is -3.27. The lowest BCUT2D eigenvalue weighted by Gasteiger charge is -2.10. The number of hydrogen-bond acceptors (Lipinski definition) is 9. The Labute approximate surface area is 156 Å². The van der Waals surface area contributed by atoms with E-state index in [0.29, 0.717) is 30.8 Å². The second-order valence-electron chi connectivity index (χ2n) is 5.37. The van der Waals surface area contributed by atoms with E-state index in [1.54, 1.807) is 38.3 Å². The van der Waals surface area contributed by atoms with Crippen molar-refractivity contribution in [1.29, 1.82) is 0 Å². The Morgan fingerprint density at radius 1 is 1.22 bits per heavy atom. The molecule has 0 bridgehead atoms. The summed E-state index contributed by atoms with van der Waals surface area (Å²) in [7, 11) is 1.59.